The van der Waals surface area contributed by atoms with Crippen molar-refractivity contribution in [3.8, 4) is 5.75 Å². The summed E-state index contributed by atoms with van der Waals surface area (Å²) in [5.74, 6) is 0.267. The minimum Gasteiger partial charge on any atom is -0.490 e. The molecule has 0 spiro atoms. The number of carbonyl (C=O) groups is 2. The number of hydrogen-bond donors (Lipinski definition) is 1. The first-order valence-electron chi connectivity index (χ1n) is 8.58. The van der Waals surface area contributed by atoms with Gasteiger partial charge in [0.25, 0.3) is 5.91 Å². The Morgan fingerprint density at radius 3 is 2.67 bits per heavy atom. The highest BCUT2D eigenvalue weighted by Crippen LogP contribution is 2.38. The van der Waals surface area contributed by atoms with Crippen LogP contribution in [-0.4, -0.2) is 25.0 Å². The Morgan fingerprint density at radius 1 is 1.30 bits per heavy atom. The van der Waals surface area contributed by atoms with Crippen molar-refractivity contribution in [1.29, 1.82) is 0 Å². The molecule has 1 N–H and O–H groups in total. The molecule has 0 saturated heterocycles. The molecule has 0 fully saturated rings. The predicted octanol–water partition coefficient (Wildman–Crippen LogP) is 4.53. The van der Waals surface area contributed by atoms with Gasteiger partial charge in [-0.05, 0) is 50.2 Å². The van der Waals surface area contributed by atoms with Crippen molar-refractivity contribution < 1.29 is 14.3 Å². The lowest BCUT2D eigenvalue weighted by Gasteiger charge is -2.27. The zero-order chi connectivity index (χ0) is 19.6. The number of anilines is 2. The average Bonchev–Trinajstić information content (AvgIpc) is 2.73. The van der Waals surface area contributed by atoms with Gasteiger partial charge in [-0.1, -0.05) is 17.7 Å². The number of amides is 2. The van der Waals surface area contributed by atoms with Crippen molar-refractivity contribution in [3.63, 3.8) is 0 Å². The number of nitrogens with one attached hydrogen (secondary N) is 1. The van der Waals surface area contributed by atoms with Crippen molar-refractivity contribution in [2.75, 3.05) is 23.4 Å². The van der Waals surface area contributed by atoms with E-state index in [2.05, 4.69) is 11.9 Å². The lowest BCUT2D eigenvalue weighted by molar-refractivity contribution is -0.127. The summed E-state index contributed by atoms with van der Waals surface area (Å²) in [6, 6.07) is 11.9. The first-order chi connectivity index (χ1) is 12.8. The average molecular weight is 385 g/mol. The number of halogens is 1. The molecular weight excluding hydrogens is 364 g/mol. The molecule has 0 aromatic heterocycles. The third-order valence-corrected chi connectivity index (χ3v) is 4.59. The van der Waals surface area contributed by atoms with Crippen LogP contribution in [0.3, 0.4) is 0 Å². The van der Waals surface area contributed by atoms with Gasteiger partial charge in [-0.15, -0.1) is 6.58 Å². The Balaban J connectivity index is 1.89. The summed E-state index contributed by atoms with van der Waals surface area (Å²) in [4.78, 5) is 26.9. The van der Waals surface area contributed by atoms with Crippen molar-refractivity contribution in [1.82, 2.24) is 0 Å². The Hall–Kier alpha value is -2.79. The van der Waals surface area contributed by atoms with Gasteiger partial charge in [0.05, 0.1) is 11.1 Å². The molecule has 0 saturated carbocycles. The quantitative estimate of drug-likeness (QED) is 0.788. The molecule has 0 bridgehead atoms. The summed E-state index contributed by atoms with van der Waals surface area (Å²) in [7, 11) is 0. The largest absolute Gasteiger partial charge is 0.490 e. The number of hydrogen-bond acceptors (Lipinski definition) is 3. The molecular formula is C21H21ClN2O3. The van der Waals surface area contributed by atoms with Crippen LogP contribution >= 0.6 is 11.6 Å². The van der Waals surface area contributed by atoms with Crippen LogP contribution in [0.15, 0.2) is 55.1 Å². The monoisotopic (exact) mass is 384 g/mol. The van der Waals surface area contributed by atoms with Gasteiger partial charge in [0.2, 0.25) is 5.91 Å². The first-order valence-corrected chi connectivity index (χ1v) is 8.96. The van der Waals surface area contributed by atoms with Crippen molar-refractivity contribution in [2.45, 2.75) is 13.8 Å². The predicted molar refractivity (Wildman–Crippen MR) is 108 cm³/mol. The lowest BCUT2D eigenvalue weighted by atomic mass is 9.93. The van der Waals surface area contributed by atoms with E-state index in [1.54, 1.807) is 53.4 Å². The van der Waals surface area contributed by atoms with Gasteiger partial charge in [0, 0.05) is 28.9 Å². The second kappa shape index (κ2) is 7.45. The smallest absolute Gasteiger partial charge is 0.255 e. The third-order valence-electron chi connectivity index (χ3n) is 4.34. The number of fused-ring (bicyclic) bond motifs is 1. The van der Waals surface area contributed by atoms with Gasteiger partial charge in [0.15, 0.2) is 0 Å². The van der Waals surface area contributed by atoms with E-state index in [0.29, 0.717) is 34.3 Å². The fourth-order valence-electron chi connectivity index (χ4n) is 2.84. The molecule has 1 heterocycles. The van der Waals surface area contributed by atoms with Crippen LogP contribution in [0.4, 0.5) is 11.4 Å². The maximum atomic E-state index is 12.8. The molecule has 0 unspecified atom stereocenters. The van der Waals surface area contributed by atoms with E-state index in [0.717, 1.165) is 0 Å². The summed E-state index contributed by atoms with van der Waals surface area (Å²) >= 11 is 5.86. The number of ether oxygens (including phenoxy) is 1. The highest BCUT2D eigenvalue weighted by molar-refractivity contribution is 6.30. The Morgan fingerprint density at radius 2 is 2.00 bits per heavy atom. The normalized spacial score (nSPS) is 15.4. The van der Waals surface area contributed by atoms with Crippen LogP contribution in [0.1, 0.15) is 24.2 Å². The molecule has 5 nitrogen and oxygen atoms in total. The maximum absolute atomic E-state index is 12.8. The van der Waals surface area contributed by atoms with Crippen LogP contribution in [0.25, 0.3) is 0 Å². The molecule has 2 amide bonds. The fourth-order valence-corrected chi connectivity index (χ4v) is 2.97. The molecule has 0 aliphatic carbocycles. The summed E-state index contributed by atoms with van der Waals surface area (Å²) in [6.07, 6.45) is 1.68. The van der Waals surface area contributed by atoms with Crippen LogP contribution in [0.5, 0.6) is 5.75 Å². The molecule has 3 rings (SSSR count). The van der Waals surface area contributed by atoms with E-state index >= 15 is 0 Å². The van der Waals surface area contributed by atoms with Gasteiger partial charge >= 0.3 is 0 Å². The van der Waals surface area contributed by atoms with Gasteiger partial charge in [0.1, 0.15) is 12.4 Å². The molecule has 140 valence electrons. The number of rotatable bonds is 4. The molecule has 0 radical (unpaired) electrons. The Labute approximate surface area is 163 Å². The first kappa shape index (κ1) is 19.0. The van der Waals surface area contributed by atoms with Gasteiger partial charge < -0.3 is 15.0 Å². The van der Waals surface area contributed by atoms with Crippen LogP contribution in [-0.2, 0) is 4.79 Å². The summed E-state index contributed by atoms with van der Waals surface area (Å²) in [6.45, 7) is 8.07. The van der Waals surface area contributed by atoms with E-state index in [-0.39, 0.29) is 18.4 Å². The minimum absolute atomic E-state index is 0.0286. The lowest BCUT2D eigenvalue weighted by Crippen LogP contribution is -2.42. The minimum atomic E-state index is -0.658. The van der Waals surface area contributed by atoms with E-state index in [1.165, 1.54) is 0 Å². The van der Waals surface area contributed by atoms with Crippen LogP contribution < -0.4 is 15.0 Å². The third kappa shape index (κ3) is 3.98. The zero-order valence-electron chi connectivity index (χ0n) is 15.3. The molecule has 0 atom stereocenters. The number of nitrogens with zero attached hydrogens (tertiary/aromatic N) is 1. The zero-order valence-corrected chi connectivity index (χ0v) is 16.0. The van der Waals surface area contributed by atoms with E-state index in [4.69, 9.17) is 16.3 Å². The highest BCUT2D eigenvalue weighted by Gasteiger charge is 2.37. The van der Waals surface area contributed by atoms with Gasteiger partial charge in [-0.25, -0.2) is 0 Å². The molecule has 2 aromatic rings. The standard InChI is InChI=1S/C21H21ClN2O3/c1-4-11-24-17-10-9-16(12-18(17)27-13-21(2,3)20(24)26)23-19(25)14-5-7-15(22)8-6-14/h4-10,12H,1,11,13H2,2-3H3,(H,23,25). The van der Waals surface area contributed by atoms with Gasteiger partial charge in [-0.2, -0.15) is 0 Å². The van der Waals surface area contributed by atoms with Crippen molar-refractivity contribution in [2.24, 2.45) is 5.41 Å². The summed E-state index contributed by atoms with van der Waals surface area (Å²) in [5, 5.41) is 3.41. The van der Waals surface area contributed by atoms with Crippen molar-refractivity contribution >= 4 is 34.8 Å². The second-order valence-electron chi connectivity index (χ2n) is 7.02. The molecule has 27 heavy (non-hydrogen) atoms. The van der Waals surface area contributed by atoms with Crippen molar-refractivity contribution in [3.05, 3.63) is 65.7 Å². The fraction of sp³-hybridized carbons (Fsp3) is 0.238. The highest BCUT2D eigenvalue weighted by atomic mass is 35.5. The maximum Gasteiger partial charge on any atom is 0.255 e. The molecule has 1 aliphatic heterocycles. The Kier molecular flexibility index (Phi) is 5.24. The van der Waals surface area contributed by atoms with E-state index in [1.807, 2.05) is 13.8 Å². The summed E-state index contributed by atoms with van der Waals surface area (Å²) < 4.78 is 5.89. The van der Waals surface area contributed by atoms with Gasteiger partial charge in [-0.3, -0.25) is 9.59 Å². The second-order valence-corrected chi connectivity index (χ2v) is 7.46. The molecule has 6 heteroatoms. The molecule has 2 aromatic carbocycles. The SMILES string of the molecule is C=CCN1C(=O)C(C)(C)COc2cc(NC(=O)c3ccc(Cl)cc3)ccc21. The topological polar surface area (TPSA) is 58.6 Å². The summed E-state index contributed by atoms with van der Waals surface area (Å²) in [5.41, 5.74) is 1.09. The Bertz CT molecular complexity index is 891. The van der Waals surface area contributed by atoms with Crippen LogP contribution in [0, 0.1) is 5.41 Å². The van der Waals surface area contributed by atoms with Crippen LogP contribution in [0.2, 0.25) is 5.02 Å². The molecule has 1 aliphatic rings. The van der Waals surface area contributed by atoms with E-state index in [9.17, 15) is 9.59 Å². The number of benzene rings is 2. The van der Waals surface area contributed by atoms with E-state index < -0.39 is 5.41 Å². The number of carbonyl (C=O) groups excluding carboxylic acids is 2.